The number of aromatic nitrogens is 4. The first kappa shape index (κ1) is 25.6. The lowest BCUT2D eigenvalue weighted by atomic mass is 9.76. The van der Waals surface area contributed by atoms with E-state index < -0.39 is 18.0 Å². The summed E-state index contributed by atoms with van der Waals surface area (Å²) in [4.78, 5) is 29.5. The molecule has 0 bridgehead atoms. The number of benzene rings is 1. The molecule has 9 nitrogen and oxygen atoms in total. The van der Waals surface area contributed by atoms with Gasteiger partial charge < -0.3 is 10.1 Å². The van der Waals surface area contributed by atoms with E-state index in [1.807, 2.05) is 6.07 Å². The fraction of sp³-hybridized carbons (Fsp3) is 0.393. The molecule has 3 atom stereocenters. The third-order valence-electron chi connectivity index (χ3n) is 7.56. The lowest BCUT2D eigenvalue weighted by Crippen LogP contribution is -2.33. The number of pyridine rings is 1. The van der Waals surface area contributed by atoms with Crippen LogP contribution in [0.5, 0.6) is 0 Å². The fourth-order valence-electron chi connectivity index (χ4n) is 5.22. The van der Waals surface area contributed by atoms with Crippen molar-refractivity contribution in [3.63, 3.8) is 0 Å². The van der Waals surface area contributed by atoms with E-state index >= 15 is 4.39 Å². The normalized spacial score (nSPS) is 20.2. The van der Waals surface area contributed by atoms with Crippen molar-refractivity contribution in [1.29, 1.82) is 0 Å². The van der Waals surface area contributed by atoms with Gasteiger partial charge in [0, 0.05) is 29.9 Å². The number of hydrogen-bond acceptors (Lipinski definition) is 6. The predicted octanol–water partition coefficient (Wildman–Crippen LogP) is 4.31. The SMILES string of the molecule is CC(=O)NCC1CN(c2ccc(-c3cnc4c(c3)CCC(C(C)C(C)=Cc3cn[nH]n3)C4)c(F)c2)C(=O)O1. The topological polar surface area (TPSA) is 113 Å². The van der Waals surface area contributed by atoms with Gasteiger partial charge in [0.15, 0.2) is 0 Å². The highest BCUT2D eigenvalue weighted by atomic mass is 19.1. The Labute approximate surface area is 220 Å². The van der Waals surface area contributed by atoms with Crippen LogP contribution in [0.1, 0.15) is 44.1 Å². The Kier molecular flexibility index (Phi) is 7.22. The number of nitrogens with one attached hydrogen (secondary N) is 2. The molecule has 2 N–H and O–H groups in total. The quantitative estimate of drug-likeness (QED) is 0.482. The van der Waals surface area contributed by atoms with Crippen molar-refractivity contribution in [2.24, 2.45) is 11.8 Å². The van der Waals surface area contributed by atoms with Crippen LogP contribution in [0.2, 0.25) is 0 Å². The van der Waals surface area contributed by atoms with Crippen molar-refractivity contribution in [2.45, 2.75) is 46.1 Å². The number of H-pyrrole nitrogens is 1. The largest absolute Gasteiger partial charge is 0.442 e. The van der Waals surface area contributed by atoms with Crippen molar-refractivity contribution >= 4 is 23.8 Å². The molecule has 0 saturated carbocycles. The lowest BCUT2D eigenvalue weighted by Gasteiger charge is -2.29. The van der Waals surface area contributed by atoms with Gasteiger partial charge in [-0.25, -0.2) is 9.18 Å². The zero-order valence-electron chi connectivity index (χ0n) is 21.7. The standard InChI is InChI=1S/C28H31FN6O3/c1-16(8-22-13-32-34-33-22)17(2)19-4-5-20-9-21(12-31-27(20)10-19)25-7-6-23(11-26(25)29)35-15-24(38-28(35)37)14-30-18(3)36/h6-9,11-13,17,19,24H,4-5,10,14-15H2,1-3H3,(H,30,36)(H,32,33,34). The smallest absolute Gasteiger partial charge is 0.414 e. The molecule has 10 heteroatoms. The summed E-state index contributed by atoms with van der Waals surface area (Å²) in [5, 5.41) is 13.3. The summed E-state index contributed by atoms with van der Waals surface area (Å²) in [5.74, 6) is 0.211. The van der Waals surface area contributed by atoms with Crippen molar-refractivity contribution in [1.82, 2.24) is 25.7 Å². The number of amides is 2. The predicted molar refractivity (Wildman–Crippen MR) is 141 cm³/mol. The molecule has 1 fully saturated rings. The number of anilines is 1. The summed E-state index contributed by atoms with van der Waals surface area (Å²) in [6.45, 7) is 6.23. The van der Waals surface area contributed by atoms with Crippen LogP contribution in [-0.2, 0) is 22.4 Å². The van der Waals surface area contributed by atoms with Crippen molar-refractivity contribution in [3.05, 3.63) is 65.0 Å². The zero-order valence-corrected chi connectivity index (χ0v) is 21.7. The number of carbonyl (C=O) groups excluding carboxylic acids is 2. The molecule has 1 aliphatic heterocycles. The maximum absolute atomic E-state index is 15.2. The first-order valence-corrected chi connectivity index (χ1v) is 12.8. The minimum atomic E-state index is -0.558. The molecule has 3 heterocycles. The fourth-order valence-corrected chi connectivity index (χ4v) is 5.22. The van der Waals surface area contributed by atoms with Gasteiger partial charge >= 0.3 is 6.09 Å². The summed E-state index contributed by atoms with van der Waals surface area (Å²) in [7, 11) is 0. The number of fused-ring (bicyclic) bond motifs is 1. The number of halogens is 1. The van der Waals surface area contributed by atoms with Crippen LogP contribution in [0, 0.1) is 17.7 Å². The minimum Gasteiger partial charge on any atom is -0.442 e. The van der Waals surface area contributed by atoms with Crippen molar-refractivity contribution in [2.75, 3.05) is 18.0 Å². The van der Waals surface area contributed by atoms with E-state index in [1.54, 1.807) is 24.5 Å². The second-order valence-corrected chi connectivity index (χ2v) is 10.1. The molecular weight excluding hydrogens is 487 g/mol. The van der Waals surface area contributed by atoms with Crippen LogP contribution < -0.4 is 10.2 Å². The van der Waals surface area contributed by atoms with Crippen LogP contribution >= 0.6 is 0 Å². The van der Waals surface area contributed by atoms with E-state index in [4.69, 9.17) is 9.72 Å². The molecule has 3 aromatic rings. The molecular formula is C28H31FN6O3. The van der Waals surface area contributed by atoms with E-state index in [1.165, 1.54) is 23.5 Å². The second-order valence-electron chi connectivity index (χ2n) is 10.1. The van der Waals surface area contributed by atoms with Crippen LogP contribution in [-0.4, -0.2) is 51.6 Å². The van der Waals surface area contributed by atoms with Gasteiger partial charge in [-0.1, -0.05) is 12.5 Å². The van der Waals surface area contributed by atoms with Gasteiger partial charge in [0.2, 0.25) is 5.91 Å². The minimum absolute atomic E-state index is 0.200. The number of nitrogens with zero attached hydrogens (tertiary/aromatic N) is 4. The average Bonchev–Trinajstić information content (AvgIpc) is 3.55. The molecule has 5 rings (SSSR count). The Balaban J connectivity index is 1.28. The van der Waals surface area contributed by atoms with Crippen LogP contribution in [0.4, 0.5) is 14.9 Å². The van der Waals surface area contributed by atoms with Gasteiger partial charge in [-0.2, -0.15) is 15.4 Å². The van der Waals surface area contributed by atoms with E-state index in [-0.39, 0.29) is 19.0 Å². The van der Waals surface area contributed by atoms with E-state index in [2.05, 4.69) is 40.7 Å². The van der Waals surface area contributed by atoms with Gasteiger partial charge in [0.05, 0.1) is 25.0 Å². The first-order chi connectivity index (χ1) is 18.3. The van der Waals surface area contributed by atoms with Crippen molar-refractivity contribution < 1.29 is 18.7 Å². The maximum Gasteiger partial charge on any atom is 0.414 e. The number of aromatic amines is 1. The van der Waals surface area contributed by atoms with Crippen LogP contribution in [0.15, 0.2) is 42.2 Å². The Morgan fingerprint density at radius 2 is 2.16 bits per heavy atom. The second kappa shape index (κ2) is 10.7. The molecule has 0 spiro atoms. The number of rotatable bonds is 7. The number of aryl methyl sites for hydroxylation is 1. The lowest BCUT2D eigenvalue weighted by molar-refractivity contribution is -0.119. The molecule has 2 aliphatic rings. The number of carbonyl (C=O) groups is 2. The molecule has 1 aliphatic carbocycles. The summed E-state index contributed by atoms with van der Waals surface area (Å²) in [5.41, 5.74) is 5.87. The van der Waals surface area contributed by atoms with E-state index in [0.717, 1.165) is 36.2 Å². The van der Waals surface area contributed by atoms with Gasteiger partial charge in [0.25, 0.3) is 0 Å². The van der Waals surface area contributed by atoms with Gasteiger partial charge in [-0.15, -0.1) is 0 Å². The first-order valence-electron chi connectivity index (χ1n) is 12.8. The number of cyclic esters (lactones) is 1. The molecule has 2 amide bonds. The maximum atomic E-state index is 15.2. The summed E-state index contributed by atoms with van der Waals surface area (Å²) >= 11 is 0. The molecule has 1 aromatic carbocycles. The van der Waals surface area contributed by atoms with Crippen molar-refractivity contribution in [3.8, 4) is 11.1 Å². The molecule has 38 heavy (non-hydrogen) atoms. The Morgan fingerprint density at radius 1 is 1.32 bits per heavy atom. The number of allylic oxidation sites excluding steroid dienone is 1. The highest BCUT2D eigenvalue weighted by Crippen LogP contribution is 2.36. The summed E-state index contributed by atoms with van der Waals surface area (Å²) in [6, 6.07) is 6.77. The number of hydrogen-bond donors (Lipinski definition) is 2. The zero-order chi connectivity index (χ0) is 26.8. The summed E-state index contributed by atoms with van der Waals surface area (Å²) < 4.78 is 20.5. The molecule has 198 valence electrons. The van der Waals surface area contributed by atoms with E-state index in [0.29, 0.717) is 28.7 Å². The Hall–Kier alpha value is -4.08. The highest BCUT2D eigenvalue weighted by Gasteiger charge is 2.33. The summed E-state index contributed by atoms with van der Waals surface area (Å²) in [6.07, 6.45) is 7.26. The van der Waals surface area contributed by atoms with Crippen LogP contribution in [0.25, 0.3) is 17.2 Å². The van der Waals surface area contributed by atoms with Gasteiger partial charge in [-0.05, 0) is 73.9 Å². The molecule has 3 unspecified atom stereocenters. The third kappa shape index (κ3) is 5.44. The third-order valence-corrected chi connectivity index (χ3v) is 7.56. The number of ether oxygens (including phenoxy) is 1. The molecule has 2 aromatic heterocycles. The highest BCUT2D eigenvalue weighted by molar-refractivity contribution is 5.90. The van der Waals surface area contributed by atoms with Gasteiger partial charge in [0.1, 0.15) is 17.6 Å². The molecule has 0 radical (unpaired) electrons. The van der Waals surface area contributed by atoms with E-state index in [9.17, 15) is 9.59 Å². The molecule has 1 saturated heterocycles. The van der Waals surface area contributed by atoms with Crippen LogP contribution in [0.3, 0.4) is 0 Å². The average molecular weight is 519 g/mol. The monoisotopic (exact) mass is 518 g/mol. The Bertz CT molecular complexity index is 1370. The van der Waals surface area contributed by atoms with Gasteiger partial charge in [-0.3, -0.25) is 14.7 Å². The Morgan fingerprint density at radius 3 is 2.89 bits per heavy atom.